The molecule has 0 bridgehead atoms. The number of amides is 2. The van der Waals surface area contributed by atoms with Crippen molar-refractivity contribution in [3.63, 3.8) is 0 Å². The summed E-state index contributed by atoms with van der Waals surface area (Å²) in [5, 5.41) is 2.88. The first-order valence-electron chi connectivity index (χ1n) is 9.26. The van der Waals surface area contributed by atoms with E-state index in [2.05, 4.69) is 5.32 Å². The van der Waals surface area contributed by atoms with Crippen molar-refractivity contribution in [1.29, 1.82) is 0 Å². The molecule has 0 aromatic heterocycles. The van der Waals surface area contributed by atoms with Gasteiger partial charge >= 0.3 is 12.2 Å². The molecule has 0 aliphatic carbocycles. The minimum absolute atomic E-state index is 0.116. The summed E-state index contributed by atoms with van der Waals surface area (Å²) < 4.78 is 44.6. The first-order valence-corrected chi connectivity index (χ1v) is 9.26. The molecule has 0 unspecified atom stereocenters. The molecule has 3 rings (SSSR count). The number of nitrogens with one attached hydrogen (secondary N) is 1. The van der Waals surface area contributed by atoms with E-state index < -0.39 is 11.7 Å². The van der Waals surface area contributed by atoms with Crippen molar-refractivity contribution in [1.82, 2.24) is 15.1 Å². The van der Waals surface area contributed by atoms with Crippen LogP contribution >= 0.6 is 0 Å². The second kappa shape index (κ2) is 8.58. The van der Waals surface area contributed by atoms with Crippen molar-refractivity contribution in [3.8, 4) is 5.75 Å². The van der Waals surface area contributed by atoms with E-state index >= 15 is 0 Å². The Morgan fingerprint density at radius 1 is 1.25 bits per heavy atom. The van der Waals surface area contributed by atoms with Gasteiger partial charge in [-0.2, -0.15) is 13.2 Å². The normalized spacial score (nSPS) is 18.1. The molecular formula is C20H24F3N3O2. The maximum absolute atomic E-state index is 13.0. The van der Waals surface area contributed by atoms with Gasteiger partial charge in [-0.25, -0.2) is 4.79 Å². The van der Waals surface area contributed by atoms with Gasteiger partial charge in [0, 0.05) is 32.9 Å². The smallest absolute Gasteiger partial charge is 0.419 e. The fourth-order valence-electron chi connectivity index (χ4n) is 3.29. The van der Waals surface area contributed by atoms with Crippen LogP contribution in [0.5, 0.6) is 5.75 Å². The molecule has 1 fully saturated rings. The summed E-state index contributed by atoms with van der Waals surface area (Å²) in [4.78, 5) is 16.1. The zero-order chi connectivity index (χ0) is 20.1. The van der Waals surface area contributed by atoms with Crippen molar-refractivity contribution in [2.24, 2.45) is 5.92 Å². The number of nitrogens with zero attached hydrogens (tertiary/aromatic N) is 2. The number of para-hydroxylation sites is 1. The molecule has 0 spiro atoms. The highest BCUT2D eigenvalue weighted by Crippen LogP contribution is 2.36. The number of piperidine rings is 1. The molecule has 1 aromatic rings. The van der Waals surface area contributed by atoms with E-state index in [4.69, 9.17) is 4.74 Å². The number of hydrogen-bond acceptors (Lipinski definition) is 3. The molecule has 2 amide bonds. The number of likely N-dealkylation sites (tertiary alicyclic amines) is 1. The fourth-order valence-corrected chi connectivity index (χ4v) is 3.29. The van der Waals surface area contributed by atoms with E-state index in [0.29, 0.717) is 25.9 Å². The van der Waals surface area contributed by atoms with E-state index in [-0.39, 0.29) is 24.3 Å². The number of carbonyl (C=O) groups excluding carboxylic acids is 1. The molecule has 1 aromatic carbocycles. The van der Waals surface area contributed by atoms with E-state index in [1.165, 1.54) is 18.2 Å². The topological polar surface area (TPSA) is 44.8 Å². The van der Waals surface area contributed by atoms with Crippen molar-refractivity contribution in [2.75, 3.05) is 33.3 Å². The van der Waals surface area contributed by atoms with Crippen LogP contribution in [-0.2, 0) is 6.18 Å². The van der Waals surface area contributed by atoms with Gasteiger partial charge in [0.15, 0.2) is 0 Å². The van der Waals surface area contributed by atoms with Gasteiger partial charge in [-0.15, -0.1) is 0 Å². The summed E-state index contributed by atoms with van der Waals surface area (Å²) in [6, 6.07) is 5.08. The summed E-state index contributed by atoms with van der Waals surface area (Å²) in [6.45, 7) is 2.12. The maximum atomic E-state index is 13.0. The van der Waals surface area contributed by atoms with E-state index in [1.54, 1.807) is 4.90 Å². The Kier molecular flexibility index (Phi) is 6.16. The summed E-state index contributed by atoms with van der Waals surface area (Å²) in [5.41, 5.74) is -0.0152. The fraction of sp³-hybridized carbons (Fsp3) is 0.450. The van der Waals surface area contributed by atoms with Gasteiger partial charge in [-0.1, -0.05) is 18.2 Å². The van der Waals surface area contributed by atoms with Crippen LogP contribution < -0.4 is 10.1 Å². The van der Waals surface area contributed by atoms with Gasteiger partial charge in [0.05, 0.1) is 17.9 Å². The number of urea groups is 1. The molecule has 1 saturated heterocycles. The maximum Gasteiger partial charge on any atom is 0.419 e. The van der Waals surface area contributed by atoms with Crippen LogP contribution in [0.15, 0.2) is 48.3 Å². The SMILES string of the molecule is CN1C=C(NC(=O)N2CCC(COc3ccccc3C(F)(F)F)CC2)C=CC1. The van der Waals surface area contributed by atoms with Gasteiger partial charge in [0.2, 0.25) is 0 Å². The van der Waals surface area contributed by atoms with Crippen molar-refractivity contribution < 1.29 is 22.7 Å². The Balaban J connectivity index is 1.47. The van der Waals surface area contributed by atoms with Crippen LogP contribution in [0.3, 0.4) is 0 Å². The highest BCUT2D eigenvalue weighted by atomic mass is 19.4. The molecule has 5 nitrogen and oxygen atoms in total. The number of likely N-dealkylation sites (N-methyl/N-ethyl adjacent to an activating group) is 1. The van der Waals surface area contributed by atoms with Crippen molar-refractivity contribution in [2.45, 2.75) is 19.0 Å². The zero-order valence-electron chi connectivity index (χ0n) is 15.7. The average molecular weight is 395 g/mol. The highest BCUT2D eigenvalue weighted by molar-refractivity contribution is 5.76. The van der Waals surface area contributed by atoms with E-state index in [1.807, 2.05) is 30.3 Å². The Bertz CT molecular complexity index is 753. The van der Waals surface area contributed by atoms with Crippen LogP contribution in [0.1, 0.15) is 18.4 Å². The predicted octanol–water partition coefficient (Wildman–Crippen LogP) is 3.85. The van der Waals surface area contributed by atoms with Gasteiger partial charge < -0.3 is 19.9 Å². The number of ether oxygens (including phenoxy) is 1. The molecule has 152 valence electrons. The van der Waals surface area contributed by atoms with Gasteiger partial charge in [0.1, 0.15) is 5.75 Å². The number of benzene rings is 1. The van der Waals surface area contributed by atoms with E-state index in [0.717, 1.165) is 18.3 Å². The number of rotatable bonds is 4. The summed E-state index contributed by atoms with van der Waals surface area (Å²) >= 11 is 0. The lowest BCUT2D eigenvalue weighted by molar-refractivity contribution is -0.139. The second-order valence-electron chi connectivity index (χ2n) is 7.09. The number of alkyl halides is 3. The number of hydrogen-bond donors (Lipinski definition) is 1. The minimum Gasteiger partial charge on any atom is -0.493 e. The third-order valence-corrected chi connectivity index (χ3v) is 4.87. The lowest BCUT2D eigenvalue weighted by atomic mass is 9.98. The molecule has 0 atom stereocenters. The average Bonchev–Trinajstić information content (AvgIpc) is 2.66. The Morgan fingerprint density at radius 2 is 1.96 bits per heavy atom. The number of carbonyl (C=O) groups is 1. The van der Waals surface area contributed by atoms with Gasteiger partial charge in [-0.3, -0.25) is 0 Å². The Morgan fingerprint density at radius 3 is 2.64 bits per heavy atom. The highest BCUT2D eigenvalue weighted by Gasteiger charge is 2.34. The van der Waals surface area contributed by atoms with Crippen LogP contribution in [-0.4, -0.2) is 49.1 Å². The van der Waals surface area contributed by atoms with Gasteiger partial charge in [-0.05, 0) is 37.0 Å². The molecule has 0 radical (unpaired) electrons. The molecule has 0 saturated carbocycles. The molecule has 8 heteroatoms. The molecule has 2 heterocycles. The van der Waals surface area contributed by atoms with Crippen molar-refractivity contribution in [3.05, 3.63) is 53.9 Å². The minimum atomic E-state index is -4.44. The van der Waals surface area contributed by atoms with Crippen LogP contribution in [0.2, 0.25) is 0 Å². The summed E-state index contributed by atoms with van der Waals surface area (Å²) in [7, 11) is 1.93. The molecule has 2 aliphatic heterocycles. The molecule has 1 N–H and O–H groups in total. The molecule has 28 heavy (non-hydrogen) atoms. The quantitative estimate of drug-likeness (QED) is 0.842. The third kappa shape index (κ3) is 5.21. The molecule has 2 aliphatic rings. The summed E-state index contributed by atoms with van der Waals surface area (Å²) in [5.74, 6) is -0.0272. The lowest BCUT2D eigenvalue weighted by Crippen LogP contribution is -2.45. The lowest BCUT2D eigenvalue weighted by Gasteiger charge is -2.32. The Labute approximate surface area is 162 Å². The zero-order valence-corrected chi connectivity index (χ0v) is 15.7. The summed E-state index contributed by atoms with van der Waals surface area (Å²) in [6.07, 6.45) is 2.66. The first kappa shape index (κ1) is 20.1. The van der Waals surface area contributed by atoms with Crippen molar-refractivity contribution >= 4 is 6.03 Å². The predicted molar refractivity (Wildman–Crippen MR) is 99.6 cm³/mol. The van der Waals surface area contributed by atoms with Crippen LogP contribution in [0.25, 0.3) is 0 Å². The van der Waals surface area contributed by atoms with Crippen LogP contribution in [0.4, 0.5) is 18.0 Å². The monoisotopic (exact) mass is 395 g/mol. The standard InChI is InChI=1S/C20H24F3N3O2/c1-25-10-4-5-16(13-25)24-19(27)26-11-8-15(9-12-26)14-28-18-7-3-2-6-17(18)20(21,22)23/h2-7,13,15H,8-12,14H2,1H3,(H,24,27). The Hall–Kier alpha value is -2.64. The third-order valence-electron chi connectivity index (χ3n) is 4.87. The largest absolute Gasteiger partial charge is 0.493 e. The molecular weight excluding hydrogens is 371 g/mol. The van der Waals surface area contributed by atoms with Crippen LogP contribution in [0, 0.1) is 5.92 Å². The van der Waals surface area contributed by atoms with E-state index in [9.17, 15) is 18.0 Å². The van der Waals surface area contributed by atoms with Gasteiger partial charge in [0.25, 0.3) is 0 Å². The first-order chi connectivity index (χ1) is 13.3. The number of halogens is 3. The second-order valence-corrected chi connectivity index (χ2v) is 7.09. The number of allylic oxidation sites excluding steroid dienone is 1.